The van der Waals surface area contributed by atoms with Crippen LogP contribution in [0.2, 0.25) is 0 Å². The number of nitrogens with one attached hydrogen (secondary N) is 1. The van der Waals surface area contributed by atoms with Crippen molar-refractivity contribution in [3.05, 3.63) is 72.6 Å². The van der Waals surface area contributed by atoms with Crippen LogP contribution in [-0.2, 0) is 16.9 Å². The maximum absolute atomic E-state index is 14.3. The van der Waals surface area contributed by atoms with Crippen molar-refractivity contribution in [2.75, 3.05) is 5.75 Å². The highest BCUT2D eigenvalue weighted by molar-refractivity contribution is 7.91. The van der Waals surface area contributed by atoms with Crippen LogP contribution in [0.15, 0.2) is 66.0 Å². The van der Waals surface area contributed by atoms with Crippen LogP contribution in [0.25, 0.3) is 22.6 Å². The molecule has 5 aromatic rings. The van der Waals surface area contributed by atoms with E-state index in [-0.39, 0.29) is 33.8 Å². The molecule has 0 bridgehead atoms. The van der Waals surface area contributed by atoms with Gasteiger partial charge in [0.25, 0.3) is 0 Å². The predicted octanol–water partition coefficient (Wildman–Crippen LogP) is 5.01. The summed E-state index contributed by atoms with van der Waals surface area (Å²) in [6.45, 7) is 1.53. The predicted molar refractivity (Wildman–Crippen MR) is 127 cm³/mol. The number of fused-ring (bicyclic) bond motifs is 1. The van der Waals surface area contributed by atoms with Gasteiger partial charge < -0.3 is 14.5 Å². The molecule has 0 saturated carbocycles. The highest BCUT2D eigenvalue weighted by Crippen LogP contribution is 2.39. The average molecular weight is 512 g/mol. The average Bonchev–Trinajstić information content (AvgIpc) is 3.47. The number of halogens is 2. The van der Waals surface area contributed by atoms with E-state index in [1.807, 2.05) is 0 Å². The Bertz CT molecular complexity index is 1680. The molecule has 0 saturated heterocycles. The van der Waals surface area contributed by atoms with Gasteiger partial charge in [-0.2, -0.15) is 5.10 Å². The van der Waals surface area contributed by atoms with Crippen LogP contribution in [-0.4, -0.2) is 38.9 Å². The fourth-order valence-corrected chi connectivity index (χ4v) is 4.19. The molecular formula is C24H19F2N5O4S. The number of imidazole rings is 1. The smallest absolute Gasteiger partial charge is 0.195 e. The van der Waals surface area contributed by atoms with Crippen molar-refractivity contribution >= 4 is 20.9 Å². The van der Waals surface area contributed by atoms with Crippen molar-refractivity contribution in [2.24, 2.45) is 7.05 Å². The Kier molecular flexibility index (Phi) is 5.88. The quantitative estimate of drug-likeness (QED) is 0.327. The van der Waals surface area contributed by atoms with Crippen LogP contribution in [0.5, 0.6) is 23.0 Å². The Labute approximate surface area is 204 Å². The molecular weight excluding hydrogens is 492 g/mol. The van der Waals surface area contributed by atoms with Crippen molar-refractivity contribution in [1.82, 2.24) is 24.7 Å². The van der Waals surface area contributed by atoms with Crippen molar-refractivity contribution in [1.29, 1.82) is 0 Å². The van der Waals surface area contributed by atoms with Gasteiger partial charge in [-0.3, -0.25) is 4.68 Å². The number of hydrogen-bond donors (Lipinski definition) is 1. The lowest BCUT2D eigenvalue weighted by atomic mass is 10.2. The molecule has 0 amide bonds. The van der Waals surface area contributed by atoms with Gasteiger partial charge in [-0.1, -0.05) is 6.92 Å². The van der Waals surface area contributed by atoms with Gasteiger partial charge in [-0.15, -0.1) is 0 Å². The van der Waals surface area contributed by atoms with Gasteiger partial charge in [-0.25, -0.2) is 27.2 Å². The first-order valence-corrected chi connectivity index (χ1v) is 12.4. The van der Waals surface area contributed by atoms with Gasteiger partial charge in [0.2, 0.25) is 0 Å². The first kappa shape index (κ1) is 23.4. The molecule has 0 aliphatic heterocycles. The zero-order valence-electron chi connectivity index (χ0n) is 19.1. The maximum Gasteiger partial charge on any atom is 0.195 e. The number of pyridine rings is 1. The summed E-state index contributed by atoms with van der Waals surface area (Å²) in [7, 11) is -1.70. The fraction of sp³-hybridized carbons (Fsp3) is 0.125. The van der Waals surface area contributed by atoms with Crippen LogP contribution in [0.1, 0.15) is 6.92 Å². The summed E-state index contributed by atoms with van der Waals surface area (Å²) in [5, 5.41) is 4.25. The topological polar surface area (TPSA) is 112 Å². The maximum atomic E-state index is 14.3. The molecule has 36 heavy (non-hydrogen) atoms. The zero-order valence-corrected chi connectivity index (χ0v) is 19.9. The van der Waals surface area contributed by atoms with Crippen molar-refractivity contribution in [3.8, 4) is 34.5 Å². The lowest BCUT2D eigenvalue weighted by Gasteiger charge is -2.13. The Morgan fingerprint density at radius 3 is 2.47 bits per heavy atom. The highest BCUT2D eigenvalue weighted by Gasteiger charge is 2.18. The van der Waals surface area contributed by atoms with Crippen LogP contribution in [0, 0.1) is 11.6 Å². The summed E-state index contributed by atoms with van der Waals surface area (Å²) in [5.41, 5.74) is 1.68. The molecule has 3 aromatic heterocycles. The molecule has 5 rings (SSSR count). The third-order valence-corrected chi connectivity index (χ3v) is 6.89. The zero-order chi connectivity index (χ0) is 25.4. The first-order valence-electron chi connectivity index (χ1n) is 10.7. The molecule has 2 aromatic carbocycles. The molecule has 0 aliphatic carbocycles. The number of aromatic amines is 1. The van der Waals surface area contributed by atoms with E-state index in [0.717, 1.165) is 12.1 Å². The fourth-order valence-electron chi connectivity index (χ4n) is 3.40. The second-order valence-electron chi connectivity index (χ2n) is 7.79. The normalized spacial score (nSPS) is 11.7. The first-order chi connectivity index (χ1) is 17.2. The van der Waals surface area contributed by atoms with E-state index >= 15 is 0 Å². The van der Waals surface area contributed by atoms with E-state index in [9.17, 15) is 17.2 Å². The molecule has 1 N–H and O–H groups in total. The summed E-state index contributed by atoms with van der Waals surface area (Å²) < 4.78 is 65.1. The van der Waals surface area contributed by atoms with Crippen LogP contribution in [0.4, 0.5) is 8.78 Å². The van der Waals surface area contributed by atoms with E-state index in [1.54, 1.807) is 36.1 Å². The summed E-state index contributed by atoms with van der Waals surface area (Å²) in [6.07, 6.45) is 3.04. The van der Waals surface area contributed by atoms with Crippen LogP contribution >= 0.6 is 0 Å². The van der Waals surface area contributed by atoms with E-state index in [4.69, 9.17) is 9.47 Å². The van der Waals surface area contributed by atoms with Gasteiger partial charge in [-0.05, 0) is 30.3 Å². The molecule has 12 heteroatoms. The Hall–Kier alpha value is -4.32. The monoisotopic (exact) mass is 511 g/mol. The highest BCUT2D eigenvalue weighted by atomic mass is 32.2. The Morgan fingerprint density at radius 2 is 1.81 bits per heavy atom. The number of rotatable bonds is 7. The molecule has 0 radical (unpaired) electrons. The van der Waals surface area contributed by atoms with Gasteiger partial charge in [0.1, 0.15) is 17.3 Å². The van der Waals surface area contributed by atoms with E-state index < -0.39 is 21.5 Å². The van der Waals surface area contributed by atoms with E-state index in [0.29, 0.717) is 28.6 Å². The number of nitrogens with zero attached hydrogens (tertiary/aromatic N) is 4. The third kappa shape index (κ3) is 4.62. The lowest BCUT2D eigenvalue weighted by Crippen LogP contribution is -2.05. The van der Waals surface area contributed by atoms with Gasteiger partial charge in [0.15, 0.2) is 43.8 Å². The minimum atomic E-state index is -3.48. The van der Waals surface area contributed by atoms with Gasteiger partial charge >= 0.3 is 0 Å². The van der Waals surface area contributed by atoms with Gasteiger partial charge in [0.05, 0.1) is 23.0 Å². The number of hydrogen-bond acceptors (Lipinski definition) is 7. The molecule has 0 fully saturated rings. The van der Waals surface area contributed by atoms with Gasteiger partial charge in [0, 0.05) is 31.4 Å². The number of sulfone groups is 1. The third-order valence-electron chi connectivity index (χ3n) is 5.25. The van der Waals surface area contributed by atoms with Crippen LogP contribution < -0.4 is 9.47 Å². The summed E-state index contributed by atoms with van der Waals surface area (Å²) in [6, 6.07) is 10.7. The molecule has 0 unspecified atom stereocenters. The van der Waals surface area contributed by atoms with Crippen LogP contribution in [0.3, 0.4) is 0 Å². The summed E-state index contributed by atoms with van der Waals surface area (Å²) in [4.78, 5) is 11.7. The Morgan fingerprint density at radius 1 is 1.00 bits per heavy atom. The minimum Gasteiger partial charge on any atom is -0.452 e. The largest absolute Gasteiger partial charge is 0.452 e. The Balaban J connectivity index is 1.56. The minimum absolute atomic E-state index is 0.0776. The van der Waals surface area contributed by atoms with Crippen molar-refractivity contribution in [2.45, 2.75) is 11.9 Å². The van der Waals surface area contributed by atoms with Crippen molar-refractivity contribution in [3.63, 3.8) is 0 Å². The number of aryl methyl sites for hydroxylation is 1. The van der Waals surface area contributed by atoms with E-state index in [2.05, 4.69) is 20.1 Å². The number of benzene rings is 2. The standard InChI is InChI=1S/C24H19F2N5O4S/c1-3-36(32,33)23-7-5-15(13-27-23)34-21-11-18-19(29-24(28-18)17-8-9-31(2)30-17)12-22(21)35-20-6-4-14(25)10-16(20)26/h4-13H,3H2,1-2H3,(H,28,29). The molecule has 9 nitrogen and oxygen atoms in total. The lowest BCUT2D eigenvalue weighted by molar-refractivity contribution is 0.400. The second kappa shape index (κ2) is 9.04. The summed E-state index contributed by atoms with van der Waals surface area (Å²) in [5.74, 6) is -0.969. The molecule has 0 spiro atoms. The molecule has 0 aliphatic rings. The number of aromatic nitrogens is 5. The SMILES string of the molecule is CCS(=O)(=O)c1ccc(Oc2cc3[nH]c(-c4ccn(C)n4)nc3cc2Oc2ccc(F)cc2F)cn1. The number of ether oxygens (including phenoxy) is 2. The molecule has 3 heterocycles. The second-order valence-corrected chi connectivity index (χ2v) is 10.0. The molecule has 0 atom stereocenters. The van der Waals surface area contributed by atoms with E-state index in [1.165, 1.54) is 25.3 Å². The summed E-state index contributed by atoms with van der Waals surface area (Å²) >= 11 is 0. The molecule has 184 valence electrons. The van der Waals surface area contributed by atoms with Crippen molar-refractivity contribution < 1.29 is 26.7 Å². The number of H-pyrrole nitrogens is 1.